The predicted molar refractivity (Wildman–Crippen MR) is 123 cm³/mol. The summed E-state index contributed by atoms with van der Waals surface area (Å²) in [6, 6.07) is 19.4. The maximum absolute atomic E-state index is 13.1. The number of para-hydroxylation sites is 1. The highest BCUT2D eigenvalue weighted by molar-refractivity contribution is 6.02. The molecule has 0 aliphatic heterocycles. The van der Waals surface area contributed by atoms with Crippen LogP contribution < -0.4 is 20.3 Å². The van der Waals surface area contributed by atoms with Crippen molar-refractivity contribution >= 4 is 11.8 Å². The molecule has 172 valence electrons. The van der Waals surface area contributed by atoms with Gasteiger partial charge in [-0.15, -0.1) is 0 Å². The van der Waals surface area contributed by atoms with E-state index in [0.29, 0.717) is 22.8 Å². The second kappa shape index (κ2) is 9.86. The number of hydrogen-bond acceptors (Lipinski definition) is 5. The molecule has 1 aromatic heterocycles. The van der Waals surface area contributed by atoms with Crippen molar-refractivity contribution in [1.29, 1.82) is 0 Å². The second-order valence-corrected chi connectivity index (χ2v) is 7.15. The van der Waals surface area contributed by atoms with E-state index in [1.165, 1.54) is 19.2 Å². The number of carbonyl (C=O) groups is 2. The average Bonchev–Trinajstić information content (AvgIpc) is 3.33. The van der Waals surface area contributed by atoms with Gasteiger partial charge in [-0.1, -0.05) is 18.2 Å². The number of hydrogen-bond donors (Lipinski definition) is 2. The summed E-state index contributed by atoms with van der Waals surface area (Å²) in [6.45, 7) is 0. The van der Waals surface area contributed by atoms with Gasteiger partial charge >= 0.3 is 0 Å². The van der Waals surface area contributed by atoms with Gasteiger partial charge in [0.1, 0.15) is 23.0 Å². The zero-order chi connectivity index (χ0) is 24.1. The normalized spacial score (nSPS) is 10.4. The molecule has 0 aliphatic rings. The third-order valence-electron chi connectivity index (χ3n) is 5.04. The van der Waals surface area contributed by atoms with E-state index in [2.05, 4.69) is 16.0 Å². The van der Waals surface area contributed by atoms with Gasteiger partial charge in [-0.3, -0.25) is 20.4 Å². The lowest BCUT2D eigenvalue weighted by atomic mass is 10.1. The Morgan fingerprint density at radius 1 is 0.882 bits per heavy atom. The summed E-state index contributed by atoms with van der Waals surface area (Å²) in [6.07, 6.45) is 1.56. The van der Waals surface area contributed by atoms with Crippen LogP contribution in [0.2, 0.25) is 0 Å². The molecule has 0 saturated heterocycles. The van der Waals surface area contributed by atoms with Crippen molar-refractivity contribution in [2.24, 2.45) is 0 Å². The number of nitrogens with one attached hydrogen (secondary N) is 2. The van der Waals surface area contributed by atoms with Gasteiger partial charge in [-0.25, -0.2) is 9.07 Å². The van der Waals surface area contributed by atoms with Crippen molar-refractivity contribution in [3.63, 3.8) is 0 Å². The largest absolute Gasteiger partial charge is 0.497 e. The highest BCUT2D eigenvalue weighted by Crippen LogP contribution is 2.34. The molecule has 4 aromatic rings. The van der Waals surface area contributed by atoms with Gasteiger partial charge in [-0.2, -0.15) is 5.10 Å². The standard InChI is InChI=1S/C25H21FN4O4/c1-33-19-12-13-20(22(14-19)34-2)23-21(15-30(29-23)18-6-4-3-5-7-18)25(32)28-27-24(31)16-8-10-17(26)11-9-16/h3-15H,1-2H3,(H,27,31)(H,28,32). The molecule has 2 amide bonds. The lowest BCUT2D eigenvalue weighted by Gasteiger charge is -2.11. The van der Waals surface area contributed by atoms with Crippen molar-refractivity contribution in [3.8, 4) is 28.4 Å². The Balaban J connectivity index is 1.68. The van der Waals surface area contributed by atoms with E-state index in [1.54, 1.807) is 36.2 Å². The first kappa shape index (κ1) is 22.5. The van der Waals surface area contributed by atoms with E-state index < -0.39 is 17.6 Å². The fourth-order valence-corrected chi connectivity index (χ4v) is 3.30. The molecule has 0 fully saturated rings. The molecule has 0 saturated carbocycles. The van der Waals surface area contributed by atoms with E-state index in [4.69, 9.17) is 9.47 Å². The van der Waals surface area contributed by atoms with Gasteiger partial charge in [0.2, 0.25) is 0 Å². The van der Waals surface area contributed by atoms with E-state index in [0.717, 1.165) is 17.8 Å². The Labute approximate surface area is 194 Å². The molecule has 2 N–H and O–H groups in total. The Morgan fingerprint density at radius 3 is 2.26 bits per heavy atom. The van der Waals surface area contributed by atoms with Gasteiger partial charge in [0.25, 0.3) is 11.8 Å². The summed E-state index contributed by atoms with van der Waals surface area (Å²) in [4.78, 5) is 25.4. The summed E-state index contributed by atoms with van der Waals surface area (Å²) in [7, 11) is 3.05. The maximum Gasteiger partial charge on any atom is 0.273 e. The van der Waals surface area contributed by atoms with Crippen LogP contribution in [0.3, 0.4) is 0 Å². The van der Waals surface area contributed by atoms with Crippen LogP contribution >= 0.6 is 0 Å². The van der Waals surface area contributed by atoms with Crippen molar-refractivity contribution in [2.75, 3.05) is 14.2 Å². The number of hydrazine groups is 1. The molecular formula is C25H21FN4O4. The van der Waals surface area contributed by atoms with Gasteiger partial charge < -0.3 is 9.47 Å². The Hall–Kier alpha value is -4.66. The van der Waals surface area contributed by atoms with Gasteiger partial charge in [0, 0.05) is 23.4 Å². The first-order valence-electron chi connectivity index (χ1n) is 10.2. The van der Waals surface area contributed by atoms with Gasteiger partial charge in [0.05, 0.1) is 25.5 Å². The summed E-state index contributed by atoms with van der Waals surface area (Å²) in [5, 5.41) is 4.61. The number of benzene rings is 3. The molecule has 8 nitrogen and oxygen atoms in total. The lowest BCUT2D eigenvalue weighted by molar-refractivity contribution is 0.0847. The predicted octanol–water partition coefficient (Wildman–Crippen LogP) is 3.77. The van der Waals surface area contributed by atoms with E-state index in [-0.39, 0.29) is 11.1 Å². The van der Waals surface area contributed by atoms with Gasteiger partial charge in [0.15, 0.2) is 0 Å². The number of methoxy groups -OCH3 is 2. The zero-order valence-electron chi connectivity index (χ0n) is 18.4. The van der Waals surface area contributed by atoms with Crippen LogP contribution in [0.25, 0.3) is 16.9 Å². The molecule has 0 spiro atoms. The molecule has 34 heavy (non-hydrogen) atoms. The average molecular weight is 460 g/mol. The van der Waals surface area contributed by atoms with Crippen LogP contribution in [0, 0.1) is 5.82 Å². The summed E-state index contributed by atoms with van der Waals surface area (Å²) >= 11 is 0. The molecule has 0 bridgehead atoms. The molecule has 0 aliphatic carbocycles. The monoisotopic (exact) mass is 460 g/mol. The minimum Gasteiger partial charge on any atom is -0.497 e. The molecule has 0 radical (unpaired) electrons. The highest BCUT2D eigenvalue weighted by Gasteiger charge is 2.22. The number of amides is 2. The third-order valence-corrected chi connectivity index (χ3v) is 5.04. The van der Waals surface area contributed by atoms with Crippen molar-refractivity contribution in [2.45, 2.75) is 0 Å². The smallest absolute Gasteiger partial charge is 0.273 e. The lowest BCUT2D eigenvalue weighted by Crippen LogP contribution is -2.41. The number of carbonyl (C=O) groups excluding carboxylic acids is 2. The number of nitrogens with zero attached hydrogens (tertiary/aromatic N) is 2. The van der Waals surface area contributed by atoms with Crippen LogP contribution in [0.15, 0.2) is 79.0 Å². The Morgan fingerprint density at radius 2 is 1.59 bits per heavy atom. The number of ether oxygens (including phenoxy) is 2. The molecule has 1 heterocycles. The van der Waals surface area contributed by atoms with Crippen LogP contribution in [-0.4, -0.2) is 35.8 Å². The third kappa shape index (κ3) is 4.73. The fourth-order valence-electron chi connectivity index (χ4n) is 3.30. The van der Waals surface area contributed by atoms with Gasteiger partial charge in [-0.05, 0) is 48.5 Å². The molecule has 9 heteroatoms. The molecule has 4 rings (SSSR count). The fraction of sp³-hybridized carbons (Fsp3) is 0.0800. The van der Waals surface area contributed by atoms with E-state index in [9.17, 15) is 14.0 Å². The molecule has 0 atom stereocenters. The molecule has 3 aromatic carbocycles. The summed E-state index contributed by atoms with van der Waals surface area (Å²) in [5.41, 5.74) is 6.78. The Bertz CT molecular complexity index is 1320. The van der Waals surface area contributed by atoms with Crippen molar-refractivity contribution in [1.82, 2.24) is 20.6 Å². The van der Waals surface area contributed by atoms with E-state index >= 15 is 0 Å². The Kier molecular flexibility index (Phi) is 6.54. The zero-order valence-corrected chi connectivity index (χ0v) is 18.4. The van der Waals surface area contributed by atoms with Crippen LogP contribution in [-0.2, 0) is 0 Å². The number of aromatic nitrogens is 2. The quantitative estimate of drug-likeness (QED) is 0.427. The number of rotatable bonds is 6. The SMILES string of the molecule is COc1ccc(-c2nn(-c3ccccc3)cc2C(=O)NNC(=O)c2ccc(F)cc2)c(OC)c1. The summed E-state index contributed by atoms with van der Waals surface area (Å²) in [5.74, 6) is -0.604. The maximum atomic E-state index is 13.1. The van der Waals surface area contributed by atoms with Crippen LogP contribution in [0.5, 0.6) is 11.5 Å². The first-order valence-corrected chi connectivity index (χ1v) is 10.2. The van der Waals surface area contributed by atoms with E-state index in [1.807, 2.05) is 30.3 Å². The molecule has 0 unspecified atom stereocenters. The minimum absolute atomic E-state index is 0.193. The number of halogens is 1. The molecular weight excluding hydrogens is 439 g/mol. The summed E-state index contributed by atoms with van der Waals surface area (Å²) < 4.78 is 25.4. The van der Waals surface area contributed by atoms with Crippen LogP contribution in [0.4, 0.5) is 4.39 Å². The van der Waals surface area contributed by atoms with Crippen molar-refractivity contribution in [3.05, 3.63) is 95.9 Å². The van der Waals surface area contributed by atoms with Crippen LogP contribution in [0.1, 0.15) is 20.7 Å². The second-order valence-electron chi connectivity index (χ2n) is 7.15. The van der Waals surface area contributed by atoms with Crippen molar-refractivity contribution < 1.29 is 23.5 Å². The highest BCUT2D eigenvalue weighted by atomic mass is 19.1. The topological polar surface area (TPSA) is 94.5 Å². The first-order chi connectivity index (χ1) is 16.5. The minimum atomic E-state index is -0.592.